The van der Waals surface area contributed by atoms with Crippen molar-refractivity contribution in [2.75, 3.05) is 11.7 Å². The first-order valence-corrected chi connectivity index (χ1v) is 9.51. The maximum absolute atomic E-state index is 12.9. The molecule has 0 aliphatic carbocycles. The van der Waals surface area contributed by atoms with Crippen molar-refractivity contribution < 1.29 is 9.09 Å². The van der Waals surface area contributed by atoms with Crippen LogP contribution in [0.4, 0.5) is 5.69 Å². The zero-order chi connectivity index (χ0) is 14.4. The molecule has 1 unspecified atom stereocenters. The number of nitrogens with one attached hydrogen (secondary N) is 1. The second-order valence-corrected chi connectivity index (χ2v) is 8.37. The summed E-state index contributed by atoms with van der Waals surface area (Å²) in [5.74, 6) is 0. The second-order valence-electron chi connectivity index (χ2n) is 4.25. The first-order valence-electron chi connectivity index (χ1n) is 6.46. The Bertz CT molecular complexity index is 604. The molecule has 0 amide bonds. The van der Waals surface area contributed by atoms with Gasteiger partial charge in [0.1, 0.15) is 0 Å². The third-order valence-corrected chi connectivity index (χ3v) is 6.45. The van der Waals surface area contributed by atoms with E-state index in [1.165, 1.54) is 11.4 Å². The average Bonchev–Trinajstić information content (AvgIpc) is 2.43. The molecule has 0 heterocycles. The van der Waals surface area contributed by atoms with Crippen LogP contribution < -0.4 is 5.09 Å². The van der Waals surface area contributed by atoms with Crippen LogP contribution in [0.3, 0.4) is 0 Å². The molecule has 20 heavy (non-hydrogen) atoms. The van der Waals surface area contributed by atoms with Crippen LogP contribution in [0.25, 0.3) is 0 Å². The number of hydrogen-bond acceptors (Lipinski definition) is 3. The quantitative estimate of drug-likeness (QED) is 0.731. The summed E-state index contributed by atoms with van der Waals surface area (Å²) in [5, 5.41) is 3.07. The van der Waals surface area contributed by atoms with Crippen LogP contribution in [-0.4, -0.2) is 6.61 Å². The number of hydrogen-bond donors (Lipinski definition) is 1. The zero-order valence-corrected chi connectivity index (χ0v) is 13.3. The minimum Gasteiger partial charge on any atom is -0.307 e. The van der Waals surface area contributed by atoms with Crippen LogP contribution in [0.5, 0.6) is 0 Å². The van der Waals surface area contributed by atoms with Gasteiger partial charge in [-0.3, -0.25) is 4.57 Å². The van der Waals surface area contributed by atoms with Crippen molar-refractivity contribution in [1.82, 2.24) is 0 Å². The highest BCUT2D eigenvalue weighted by molar-refractivity contribution is 8.57. The number of anilines is 1. The molecule has 0 saturated carbocycles. The van der Waals surface area contributed by atoms with E-state index in [1.807, 2.05) is 68.4 Å². The Morgan fingerprint density at radius 1 is 1.10 bits per heavy atom. The molecule has 3 nitrogen and oxygen atoms in total. The number of aryl methyl sites for hydroxylation is 1. The predicted octanol–water partition coefficient (Wildman–Crippen LogP) is 5.34. The van der Waals surface area contributed by atoms with Crippen molar-refractivity contribution in [3.05, 3.63) is 60.2 Å². The van der Waals surface area contributed by atoms with E-state index in [4.69, 9.17) is 4.52 Å². The Morgan fingerprint density at radius 3 is 2.40 bits per heavy atom. The molecule has 0 aliphatic rings. The van der Waals surface area contributed by atoms with Crippen LogP contribution in [0.15, 0.2) is 59.5 Å². The van der Waals surface area contributed by atoms with Crippen LogP contribution in [0.2, 0.25) is 0 Å². The van der Waals surface area contributed by atoms with Gasteiger partial charge in [0.15, 0.2) is 0 Å². The molecule has 0 aliphatic heterocycles. The smallest absolute Gasteiger partial charge is 0.307 e. The second kappa shape index (κ2) is 6.98. The van der Waals surface area contributed by atoms with Crippen molar-refractivity contribution in [1.29, 1.82) is 0 Å². The summed E-state index contributed by atoms with van der Waals surface area (Å²) in [7, 11) is 0. The molecular weight excluding hydrogens is 289 g/mol. The molecule has 2 aromatic rings. The standard InChI is InChI=1S/C15H18NO2PS/c1-3-18-19(17,20-14-10-5-4-6-11-14)16-15-12-8-7-9-13(15)2/h4-12H,3H2,1-2H3,(H,16,17). The maximum atomic E-state index is 12.9. The SMILES string of the molecule is CCOP(=O)(Nc1ccccc1C)Sc1ccccc1. The van der Waals surface area contributed by atoms with E-state index in [0.29, 0.717) is 6.61 Å². The summed E-state index contributed by atoms with van der Waals surface area (Å²) < 4.78 is 18.4. The van der Waals surface area contributed by atoms with Crippen LogP contribution in [-0.2, 0) is 9.09 Å². The lowest BCUT2D eigenvalue weighted by Crippen LogP contribution is -1.99. The van der Waals surface area contributed by atoms with Gasteiger partial charge in [0.25, 0.3) is 0 Å². The fraction of sp³-hybridized carbons (Fsp3) is 0.200. The molecule has 0 aromatic heterocycles. The monoisotopic (exact) mass is 307 g/mol. The summed E-state index contributed by atoms with van der Waals surface area (Å²) in [6.07, 6.45) is 0. The van der Waals surface area contributed by atoms with Gasteiger partial charge in [0.2, 0.25) is 0 Å². The van der Waals surface area contributed by atoms with Crippen LogP contribution in [0, 0.1) is 6.92 Å². The van der Waals surface area contributed by atoms with E-state index in [-0.39, 0.29) is 0 Å². The third kappa shape index (κ3) is 4.14. The topological polar surface area (TPSA) is 38.3 Å². The van der Waals surface area contributed by atoms with E-state index in [2.05, 4.69) is 5.09 Å². The fourth-order valence-electron chi connectivity index (χ4n) is 1.72. The largest absolute Gasteiger partial charge is 0.355 e. The van der Waals surface area contributed by atoms with Crippen LogP contribution in [0.1, 0.15) is 12.5 Å². The first kappa shape index (κ1) is 15.2. The molecule has 2 aromatic carbocycles. The van der Waals surface area contributed by atoms with Crippen LogP contribution >= 0.6 is 18.1 Å². The van der Waals surface area contributed by atoms with E-state index >= 15 is 0 Å². The van der Waals surface area contributed by atoms with E-state index in [9.17, 15) is 4.57 Å². The predicted molar refractivity (Wildman–Crippen MR) is 86.3 cm³/mol. The van der Waals surface area contributed by atoms with Gasteiger partial charge in [-0.2, -0.15) is 0 Å². The van der Waals surface area contributed by atoms with Crippen molar-refractivity contribution in [2.24, 2.45) is 0 Å². The highest BCUT2D eigenvalue weighted by Gasteiger charge is 2.25. The third-order valence-electron chi connectivity index (χ3n) is 2.67. The van der Waals surface area contributed by atoms with Gasteiger partial charge in [-0.15, -0.1) is 0 Å². The molecule has 0 spiro atoms. The molecule has 106 valence electrons. The van der Waals surface area contributed by atoms with Gasteiger partial charge in [-0.05, 0) is 49.0 Å². The first-order chi connectivity index (χ1) is 9.63. The molecule has 0 radical (unpaired) electrons. The summed E-state index contributed by atoms with van der Waals surface area (Å²) >= 11 is 1.24. The lowest BCUT2D eigenvalue weighted by molar-refractivity contribution is 0.349. The lowest BCUT2D eigenvalue weighted by Gasteiger charge is -2.20. The van der Waals surface area contributed by atoms with Gasteiger partial charge in [-0.1, -0.05) is 36.4 Å². The molecule has 0 saturated heterocycles. The minimum atomic E-state index is -3.02. The molecule has 1 atom stereocenters. The van der Waals surface area contributed by atoms with Gasteiger partial charge in [-0.25, -0.2) is 0 Å². The number of rotatable bonds is 6. The Hall–Kier alpha value is -1.22. The van der Waals surface area contributed by atoms with Gasteiger partial charge >= 0.3 is 6.72 Å². The maximum Gasteiger partial charge on any atom is 0.355 e. The highest BCUT2D eigenvalue weighted by atomic mass is 32.7. The summed E-state index contributed by atoms with van der Waals surface area (Å²) in [6, 6.07) is 17.4. The van der Waals surface area contributed by atoms with E-state index in [0.717, 1.165) is 16.1 Å². The Morgan fingerprint density at radius 2 is 1.75 bits per heavy atom. The highest BCUT2D eigenvalue weighted by Crippen LogP contribution is 2.62. The molecule has 5 heteroatoms. The van der Waals surface area contributed by atoms with Crippen molar-refractivity contribution in [3.8, 4) is 0 Å². The Kier molecular flexibility index (Phi) is 5.30. The zero-order valence-electron chi connectivity index (χ0n) is 11.6. The molecule has 0 fully saturated rings. The molecular formula is C15H18NO2PS. The normalized spacial score (nSPS) is 13.7. The van der Waals surface area contributed by atoms with Crippen molar-refractivity contribution in [3.63, 3.8) is 0 Å². The summed E-state index contributed by atoms with van der Waals surface area (Å²) in [5.41, 5.74) is 1.88. The van der Waals surface area contributed by atoms with Gasteiger partial charge < -0.3 is 9.61 Å². The number of para-hydroxylation sites is 1. The van der Waals surface area contributed by atoms with E-state index in [1.54, 1.807) is 0 Å². The molecule has 1 N–H and O–H groups in total. The summed E-state index contributed by atoms with van der Waals surface area (Å²) in [6.45, 7) is 1.20. The molecule has 2 rings (SSSR count). The molecule has 0 bridgehead atoms. The van der Waals surface area contributed by atoms with E-state index < -0.39 is 6.72 Å². The Balaban J connectivity index is 2.21. The Labute approximate surface area is 124 Å². The van der Waals surface area contributed by atoms with Gasteiger partial charge in [0, 0.05) is 10.6 Å². The minimum absolute atomic E-state index is 0.399. The lowest BCUT2D eigenvalue weighted by atomic mass is 10.2. The fourth-order valence-corrected chi connectivity index (χ4v) is 5.43. The van der Waals surface area contributed by atoms with Gasteiger partial charge in [0.05, 0.1) is 6.61 Å². The van der Waals surface area contributed by atoms with Crippen molar-refractivity contribution in [2.45, 2.75) is 18.7 Å². The summed E-state index contributed by atoms with van der Waals surface area (Å²) in [4.78, 5) is 0.922. The van der Waals surface area contributed by atoms with Crippen molar-refractivity contribution >= 4 is 23.8 Å². The number of benzene rings is 2. The average molecular weight is 307 g/mol.